The summed E-state index contributed by atoms with van der Waals surface area (Å²) in [6.45, 7) is 6.25. The summed E-state index contributed by atoms with van der Waals surface area (Å²) < 4.78 is 44.4. The number of carbonyl (C=O) groups is 2. The standard InChI is InChI=1S/C35H37ClFN3O4S/c1-24(2)38-35(42)33(20-27-10-6-5-7-11-27)39(22-28-12-8-9-13-31(28)37)34(41)23-40(32-21-29(36)17-16-26(32)4)45(43,44)30-18-14-25(3)15-19-30/h5-19,21,24,33H,20,22-23H2,1-4H3,(H,38,42)/t33-/m0/s1. The molecule has 0 aliphatic carbocycles. The molecule has 45 heavy (non-hydrogen) atoms. The molecule has 0 aliphatic heterocycles. The Morgan fingerprint density at radius 1 is 0.889 bits per heavy atom. The van der Waals surface area contributed by atoms with E-state index in [1.165, 1.54) is 41.3 Å². The lowest BCUT2D eigenvalue weighted by Gasteiger charge is -2.34. The smallest absolute Gasteiger partial charge is 0.264 e. The van der Waals surface area contributed by atoms with E-state index in [-0.39, 0.29) is 40.2 Å². The molecule has 10 heteroatoms. The van der Waals surface area contributed by atoms with Crippen molar-refractivity contribution in [1.82, 2.24) is 10.2 Å². The Balaban J connectivity index is 1.84. The van der Waals surface area contributed by atoms with Crippen molar-refractivity contribution in [2.24, 2.45) is 0 Å². The van der Waals surface area contributed by atoms with Crippen LogP contribution in [0.5, 0.6) is 0 Å². The highest BCUT2D eigenvalue weighted by Gasteiger charge is 2.35. The van der Waals surface area contributed by atoms with E-state index >= 15 is 4.39 Å². The van der Waals surface area contributed by atoms with Gasteiger partial charge in [-0.1, -0.05) is 83.9 Å². The first-order valence-electron chi connectivity index (χ1n) is 14.6. The maximum absolute atomic E-state index is 15.0. The van der Waals surface area contributed by atoms with Gasteiger partial charge in [0.15, 0.2) is 0 Å². The van der Waals surface area contributed by atoms with E-state index in [4.69, 9.17) is 11.6 Å². The van der Waals surface area contributed by atoms with Crippen LogP contribution in [0.1, 0.15) is 36.1 Å². The lowest BCUT2D eigenvalue weighted by Crippen LogP contribution is -2.54. The number of sulfonamides is 1. The zero-order valence-electron chi connectivity index (χ0n) is 25.7. The van der Waals surface area contributed by atoms with E-state index in [1.807, 2.05) is 37.3 Å². The molecule has 0 spiro atoms. The third kappa shape index (κ3) is 8.49. The van der Waals surface area contributed by atoms with Gasteiger partial charge in [-0.25, -0.2) is 12.8 Å². The maximum Gasteiger partial charge on any atom is 0.264 e. The molecule has 4 aromatic carbocycles. The van der Waals surface area contributed by atoms with Crippen LogP contribution >= 0.6 is 11.6 Å². The minimum atomic E-state index is -4.29. The van der Waals surface area contributed by atoms with Gasteiger partial charge in [0.25, 0.3) is 10.0 Å². The highest BCUT2D eigenvalue weighted by atomic mass is 35.5. The van der Waals surface area contributed by atoms with Gasteiger partial charge in [-0.05, 0) is 69.2 Å². The summed E-state index contributed by atoms with van der Waals surface area (Å²) in [5.74, 6) is -1.67. The van der Waals surface area contributed by atoms with Gasteiger partial charge in [-0.3, -0.25) is 13.9 Å². The number of amides is 2. The number of hydrogen-bond acceptors (Lipinski definition) is 4. The first-order chi connectivity index (χ1) is 21.4. The molecule has 0 unspecified atom stereocenters. The highest BCUT2D eigenvalue weighted by Crippen LogP contribution is 2.30. The van der Waals surface area contributed by atoms with Crippen LogP contribution in [-0.4, -0.2) is 43.8 Å². The molecule has 1 atom stereocenters. The van der Waals surface area contributed by atoms with Gasteiger partial charge in [0.1, 0.15) is 18.4 Å². The SMILES string of the molecule is Cc1ccc(S(=O)(=O)N(CC(=O)N(Cc2ccccc2F)[C@@H](Cc2ccccc2)C(=O)NC(C)C)c2cc(Cl)ccc2C)cc1. The number of nitrogens with one attached hydrogen (secondary N) is 1. The summed E-state index contributed by atoms with van der Waals surface area (Å²) in [6.07, 6.45) is 0.125. The Kier molecular flexibility index (Phi) is 11.0. The van der Waals surface area contributed by atoms with Crippen molar-refractivity contribution < 1.29 is 22.4 Å². The molecule has 7 nitrogen and oxygen atoms in total. The molecule has 0 fully saturated rings. The summed E-state index contributed by atoms with van der Waals surface area (Å²) >= 11 is 6.32. The zero-order valence-corrected chi connectivity index (χ0v) is 27.3. The minimum absolute atomic E-state index is 0.0145. The van der Waals surface area contributed by atoms with Crippen LogP contribution in [0.3, 0.4) is 0 Å². The summed E-state index contributed by atoms with van der Waals surface area (Å²) in [5, 5.41) is 3.17. The molecule has 0 heterocycles. The van der Waals surface area contributed by atoms with E-state index in [2.05, 4.69) is 5.32 Å². The molecule has 2 amide bonds. The van der Waals surface area contributed by atoms with Gasteiger partial charge in [-0.2, -0.15) is 0 Å². The molecule has 1 N–H and O–H groups in total. The van der Waals surface area contributed by atoms with Crippen molar-refractivity contribution in [3.63, 3.8) is 0 Å². The van der Waals surface area contributed by atoms with E-state index < -0.39 is 40.2 Å². The topological polar surface area (TPSA) is 86.8 Å². The third-order valence-electron chi connectivity index (χ3n) is 7.33. The number of benzene rings is 4. The van der Waals surface area contributed by atoms with Crippen LogP contribution in [-0.2, 0) is 32.6 Å². The number of aryl methyl sites for hydroxylation is 2. The molecular formula is C35H37ClFN3O4S. The van der Waals surface area contributed by atoms with Gasteiger partial charge in [0.2, 0.25) is 11.8 Å². The Labute approximate surface area is 269 Å². The molecule has 0 aromatic heterocycles. The van der Waals surface area contributed by atoms with Crippen molar-refractivity contribution in [2.45, 2.75) is 57.6 Å². The summed E-state index contributed by atoms with van der Waals surface area (Å²) in [5.41, 5.74) is 2.62. The molecule has 0 saturated carbocycles. The fourth-order valence-corrected chi connectivity index (χ4v) is 6.58. The molecule has 0 aliphatic rings. The summed E-state index contributed by atoms with van der Waals surface area (Å²) in [4.78, 5) is 29.5. The zero-order chi connectivity index (χ0) is 32.7. The second-order valence-electron chi connectivity index (χ2n) is 11.2. The predicted molar refractivity (Wildman–Crippen MR) is 176 cm³/mol. The lowest BCUT2D eigenvalue weighted by molar-refractivity contribution is -0.140. The van der Waals surface area contributed by atoms with Gasteiger partial charge >= 0.3 is 0 Å². The molecule has 0 bridgehead atoms. The second kappa shape index (κ2) is 14.7. The molecule has 4 aromatic rings. The second-order valence-corrected chi connectivity index (χ2v) is 13.5. The van der Waals surface area contributed by atoms with Gasteiger partial charge in [-0.15, -0.1) is 0 Å². The molecule has 0 radical (unpaired) electrons. The first-order valence-corrected chi connectivity index (χ1v) is 16.4. The van der Waals surface area contributed by atoms with Crippen molar-refractivity contribution in [3.05, 3.63) is 130 Å². The molecule has 4 rings (SSSR count). The number of anilines is 1. The Bertz CT molecular complexity index is 1750. The number of hydrogen-bond donors (Lipinski definition) is 1. The Morgan fingerprint density at radius 3 is 2.18 bits per heavy atom. The van der Waals surface area contributed by atoms with Gasteiger partial charge in [0.05, 0.1) is 10.6 Å². The van der Waals surface area contributed by atoms with Crippen molar-refractivity contribution >= 4 is 39.1 Å². The number of rotatable bonds is 12. The largest absolute Gasteiger partial charge is 0.352 e. The van der Waals surface area contributed by atoms with Crippen molar-refractivity contribution in [1.29, 1.82) is 0 Å². The minimum Gasteiger partial charge on any atom is -0.352 e. The predicted octanol–water partition coefficient (Wildman–Crippen LogP) is 6.46. The fraction of sp³-hybridized carbons (Fsp3) is 0.257. The summed E-state index contributed by atoms with van der Waals surface area (Å²) in [7, 11) is -4.29. The van der Waals surface area contributed by atoms with Crippen LogP contribution in [0.4, 0.5) is 10.1 Å². The Morgan fingerprint density at radius 2 is 1.53 bits per heavy atom. The van der Waals surface area contributed by atoms with Crippen LogP contribution in [0, 0.1) is 19.7 Å². The highest BCUT2D eigenvalue weighted by molar-refractivity contribution is 7.92. The normalized spacial score (nSPS) is 12.1. The molecule has 0 saturated heterocycles. The average Bonchev–Trinajstić information content (AvgIpc) is 3.00. The van der Waals surface area contributed by atoms with Gasteiger partial charge in [0, 0.05) is 29.6 Å². The van der Waals surface area contributed by atoms with Crippen LogP contribution in [0.2, 0.25) is 5.02 Å². The van der Waals surface area contributed by atoms with E-state index in [0.717, 1.165) is 15.4 Å². The molecular weight excluding hydrogens is 613 g/mol. The maximum atomic E-state index is 15.0. The van der Waals surface area contributed by atoms with E-state index in [9.17, 15) is 18.0 Å². The number of carbonyl (C=O) groups excluding carboxylic acids is 2. The third-order valence-corrected chi connectivity index (χ3v) is 9.34. The van der Waals surface area contributed by atoms with Crippen LogP contribution in [0.25, 0.3) is 0 Å². The van der Waals surface area contributed by atoms with E-state index in [0.29, 0.717) is 5.56 Å². The molecule has 236 valence electrons. The Hall–Kier alpha value is -4.21. The fourth-order valence-electron chi connectivity index (χ4n) is 4.95. The summed E-state index contributed by atoms with van der Waals surface area (Å²) in [6, 6.07) is 25.0. The van der Waals surface area contributed by atoms with Crippen molar-refractivity contribution in [3.8, 4) is 0 Å². The van der Waals surface area contributed by atoms with E-state index in [1.54, 1.807) is 51.1 Å². The number of halogens is 2. The monoisotopic (exact) mass is 649 g/mol. The quantitative estimate of drug-likeness (QED) is 0.191. The number of nitrogens with zero attached hydrogens (tertiary/aromatic N) is 2. The van der Waals surface area contributed by atoms with Crippen LogP contribution < -0.4 is 9.62 Å². The average molecular weight is 650 g/mol. The lowest BCUT2D eigenvalue weighted by atomic mass is 10.0. The van der Waals surface area contributed by atoms with Gasteiger partial charge < -0.3 is 10.2 Å². The van der Waals surface area contributed by atoms with Crippen molar-refractivity contribution in [2.75, 3.05) is 10.8 Å². The van der Waals surface area contributed by atoms with Crippen LogP contribution in [0.15, 0.2) is 102 Å². The first kappa shape index (κ1) is 33.7.